The average Bonchev–Trinajstić information content (AvgIpc) is 2.87. The molecule has 0 aliphatic heterocycles. The predicted molar refractivity (Wildman–Crippen MR) is 87.1 cm³/mol. The first-order chi connectivity index (χ1) is 11.5. The molecule has 0 aromatic heterocycles. The SMILES string of the molecule is O=C(Nc1ccc(Cl)c(F)c1)C(=O)N[C@H]1c2ccccc2CC1O. The van der Waals surface area contributed by atoms with Crippen LogP contribution in [0.1, 0.15) is 17.2 Å². The summed E-state index contributed by atoms with van der Waals surface area (Å²) < 4.78 is 13.4. The first-order valence-electron chi connectivity index (χ1n) is 7.28. The lowest BCUT2D eigenvalue weighted by atomic mass is 10.1. The highest BCUT2D eigenvalue weighted by Crippen LogP contribution is 2.31. The number of amides is 2. The molecule has 0 bridgehead atoms. The van der Waals surface area contributed by atoms with E-state index >= 15 is 0 Å². The maximum Gasteiger partial charge on any atom is 0.313 e. The average molecular weight is 349 g/mol. The fourth-order valence-electron chi connectivity index (χ4n) is 2.72. The Morgan fingerprint density at radius 2 is 1.92 bits per heavy atom. The van der Waals surface area contributed by atoms with Crippen molar-refractivity contribution in [2.75, 3.05) is 5.32 Å². The highest BCUT2D eigenvalue weighted by Gasteiger charge is 2.33. The molecule has 0 saturated carbocycles. The van der Waals surface area contributed by atoms with Gasteiger partial charge in [0.05, 0.1) is 17.2 Å². The van der Waals surface area contributed by atoms with E-state index < -0.39 is 29.8 Å². The van der Waals surface area contributed by atoms with Crippen molar-refractivity contribution in [1.82, 2.24) is 5.32 Å². The number of benzene rings is 2. The summed E-state index contributed by atoms with van der Waals surface area (Å²) in [6.45, 7) is 0. The minimum Gasteiger partial charge on any atom is -0.390 e. The summed E-state index contributed by atoms with van der Waals surface area (Å²) in [7, 11) is 0. The molecule has 1 aliphatic rings. The second-order valence-corrected chi connectivity index (χ2v) is 5.91. The van der Waals surface area contributed by atoms with Gasteiger partial charge in [-0.05, 0) is 29.3 Å². The smallest absolute Gasteiger partial charge is 0.313 e. The van der Waals surface area contributed by atoms with Crippen molar-refractivity contribution in [2.45, 2.75) is 18.6 Å². The number of anilines is 1. The van der Waals surface area contributed by atoms with Crippen LogP contribution in [0.5, 0.6) is 0 Å². The molecule has 5 nitrogen and oxygen atoms in total. The van der Waals surface area contributed by atoms with Gasteiger partial charge in [-0.3, -0.25) is 9.59 Å². The molecular formula is C17H14ClFN2O3. The Bertz CT molecular complexity index is 812. The predicted octanol–water partition coefficient (Wildman–Crippen LogP) is 2.19. The lowest BCUT2D eigenvalue weighted by Gasteiger charge is -2.17. The van der Waals surface area contributed by atoms with Crippen molar-refractivity contribution >= 4 is 29.1 Å². The minimum absolute atomic E-state index is 0.0804. The van der Waals surface area contributed by atoms with Crippen LogP contribution in [0.15, 0.2) is 42.5 Å². The van der Waals surface area contributed by atoms with Gasteiger partial charge in [-0.15, -0.1) is 0 Å². The van der Waals surface area contributed by atoms with E-state index in [9.17, 15) is 19.1 Å². The van der Waals surface area contributed by atoms with Gasteiger partial charge in [0.25, 0.3) is 0 Å². The first kappa shape index (κ1) is 16.4. The Morgan fingerprint density at radius 3 is 2.67 bits per heavy atom. The number of carbonyl (C=O) groups excluding carboxylic acids is 2. The minimum atomic E-state index is -0.951. The normalized spacial score (nSPS) is 18.8. The quantitative estimate of drug-likeness (QED) is 0.728. The number of hydrogen-bond acceptors (Lipinski definition) is 3. The van der Waals surface area contributed by atoms with Crippen LogP contribution in [-0.2, 0) is 16.0 Å². The molecule has 0 radical (unpaired) electrons. The molecule has 3 N–H and O–H groups in total. The van der Waals surface area contributed by atoms with Gasteiger partial charge < -0.3 is 15.7 Å². The lowest BCUT2D eigenvalue weighted by molar-refractivity contribution is -0.137. The van der Waals surface area contributed by atoms with Gasteiger partial charge in [0.15, 0.2) is 0 Å². The van der Waals surface area contributed by atoms with Crippen molar-refractivity contribution in [2.24, 2.45) is 0 Å². The van der Waals surface area contributed by atoms with Crippen LogP contribution in [0.3, 0.4) is 0 Å². The van der Waals surface area contributed by atoms with E-state index in [0.717, 1.165) is 17.2 Å². The van der Waals surface area contributed by atoms with E-state index in [0.29, 0.717) is 6.42 Å². The molecule has 2 amide bonds. The second kappa shape index (κ2) is 6.59. The fourth-order valence-corrected chi connectivity index (χ4v) is 2.83. The Hall–Kier alpha value is -2.44. The van der Waals surface area contributed by atoms with Crippen LogP contribution in [0.25, 0.3) is 0 Å². The van der Waals surface area contributed by atoms with Crippen molar-refractivity contribution in [3.05, 3.63) is 64.4 Å². The van der Waals surface area contributed by atoms with Gasteiger partial charge in [-0.2, -0.15) is 0 Å². The summed E-state index contributed by atoms with van der Waals surface area (Å²) in [6, 6.07) is 10.3. The van der Waals surface area contributed by atoms with Crippen LogP contribution in [0.4, 0.5) is 10.1 Å². The highest BCUT2D eigenvalue weighted by molar-refractivity contribution is 6.39. The second-order valence-electron chi connectivity index (χ2n) is 5.50. The molecule has 2 aromatic carbocycles. The number of aliphatic hydroxyl groups excluding tert-OH is 1. The number of fused-ring (bicyclic) bond motifs is 1. The summed E-state index contributed by atoms with van der Waals surface area (Å²) >= 11 is 5.56. The fraction of sp³-hybridized carbons (Fsp3) is 0.176. The Kier molecular flexibility index (Phi) is 4.51. The summed E-state index contributed by atoms with van der Waals surface area (Å²) in [5.41, 5.74) is 1.82. The summed E-state index contributed by atoms with van der Waals surface area (Å²) in [4.78, 5) is 24.0. The molecule has 2 atom stereocenters. The number of rotatable bonds is 2. The number of halogens is 2. The van der Waals surface area contributed by atoms with Crippen LogP contribution in [0.2, 0.25) is 5.02 Å². The van der Waals surface area contributed by atoms with E-state index in [1.54, 1.807) is 12.1 Å². The van der Waals surface area contributed by atoms with E-state index in [-0.39, 0.29) is 10.7 Å². The van der Waals surface area contributed by atoms with Crippen LogP contribution in [-0.4, -0.2) is 23.0 Å². The standard InChI is InChI=1S/C17H14ClFN2O3/c18-12-6-5-10(8-13(12)19)20-16(23)17(24)21-15-11-4-2-1-3-9(11)7-14(15)22/h1-6,8,14-15,22H,7H2,(H,20,23)(H,21,24)/t14?,15-/m0/s1. The largest absolute Gasteiger partial charge is 0.390 e. The van der Waals surface area contributed by atoms with E-state index in [4.69, 9.17) is 11.6 Å². The van der Waals surface area contributed by atoms with Crippen LogP contribution < -0.4 is 10.6 Å². The Morgan fingerprint density at radius 1 is 1.17 bits per heavy atom. The molecular weight excluding hydrogens is 335 g/mol. The molecule has 1 aliphatic carbocycles. The van der Waals surface area contributed by atoms with Gasteiger partial charge in [0.2, 0.25) is 0 Å². The highest BCUT2D eigenvalue weighted by atomic mass is 35.5. The number of aliphatic hydroxyl groups is 1. The third-order valence-electron chi connectivity index (χ3n) is 3.87. The number of carbonyl (C=O) groups is 2. The van der Waals surface area contributed by atoms with E-state index in [2.05, 4.69) is 10.6 Å². The van der Waals surface area contributed by atoms with Crippen molar-refractivity contribution in [3.63, 3.8) is 0 Å². The third-order valence-corrected chi connectivity index (χ3v) is 4.18. The monoisotopic (exact) mass is 348 g/mol. The molecule has 0 spiro atoms. The van der Waals surface area contributed by atoms with Gasteiger partial charge in [-0.25, -0.2) is 4.39 Å². The molecule has 7 heteroatoms. The molecule has 1 unspecified atom stereocenters. The molecule has 124 valence electrons. The molecule has 24 heavy (non-hydrogen) atoms. The molecule has 0 fully saturated rings. The van der Waals surface area contributed by atoms with Gasteiger partial charge >= 0.3 is 11.8 Å². The topological polar surface area (TPSA) is 78.4 Å². The number of hydrogen-bond donors (Lipinski definition) is 3. The molecule has 2 aromatic rings. The zero-order chi connectivity index (χ0) is 17.3. The summed E-state index contributed by atoms with van der Waals surface area (Å²) in [5.74, 6) is -2.56. The van der Waals surface area contributed by atoms with E-state index in [1.807, 2.05) is 12.1 Å². The van der Waals surface area contributed by atoms with Crippen molar-refractivity contribution < 1.29 is 19.1 Å². The molecule has 0 saturated heterocycles. The van der Waals surface area contributed by atoms with Crippen LogP contribution in [0, 0.1) is 5.82 Å². The van der Waals surface area contributed by atoms with Crippen molar-refractivity contribution in [1.29, 1.82) is 0 Å². The maximum atomic E-state index is 13.4. The first-order valence-corrected chi connectivity index (χ1v) is 7.66. The number of nitrogens with one attached hydrogen (secondary N) is 2. The van der Waals surface area contributed by atoms with Gasteiger partial charge in [0, 0.05) is 12.1 Å². The summed E-state index contributed by atoms with van der Waals surface area (Å²) in [5, 5.41) is 14.8. The Labute approximate surface area is 142 Å². The zero-order valence-corrected chi connectivity index (χ0v) is 13.2. The third kappa shape index (κ3) is 3.25. The van der Waals surface area contributed by atoms with Crippen molar-refractivity contribution in [3.8, 4) is 0 Å². The maximum absolute atomic E-state index is 13.4. The van der Waals surface area contributed by atoms with E-state index in [1.165, 1.54) is 12.1 Å². The Balaban J connectivity index is 1.68. The molecule has 3 rings (SSSR count). The van der Waals surface area contributed by atoms with Gasteiger partial charge in [-0.1, -0.05) is 35.9 Å². The van der Waals surface area contributed by atoms with Gasteiger partial charge in [0.1, 0.15) is 5.82 Å². The van der Waals surface area contributed by atoms with Crippen LogP contribution >= 0.6 is 11.6 Å². The summed E-state index contributed by atoms with van der Waals surface area (Å²) in [6.07, 6.45) is -0.391. The lowest BCUT2D eigenvalue weighted by Crippen LogP contribution is -2.40. The molecule has 0 heterocycles. The zero-order valence-electron chi connectivity index (χ0n) is 12.4.